The number of benzene rings is 3. The lowest BCUT2D eigenvalue weighted by atomic mass is 9.51. The molecule has 0 radical (unpaired) electrons. The molecule has 2 atom stereocenters. The van der Waals surface area contributed by atoms with Gasteiger partial charge < -0.3 is 15.3 Å². The molecule has 1 heterocycles. The van der Waals surface area contributed by atoms with Crippen molar-refractivity contribution in [1.29, 1.82) is 0 Å². The summed E-state index contributed by atoms with van der Waals surface area (Å²) in [5.41, 5.74) is 4.03. The van der Waals surface area contributed by atoms with Crippen LogP contribution in [0.4, 0.5) is 0 Å². The molecule has 1 aliphatic heterocycles. The van der Waals surface area contributed by atoms with Crippen molar-refractivity contribution in [3.63, 3.8) is 0 Å². The first-order chi connectivity index (χ1) is 16.7. The summed E-state index contributed by atoms with van der Waals surface area (Å²) >= 11 is 0. The summed E-state index contributed by atoms with van der Waals surface area (Å²) < 4.78 is 0. The van der Waals surface area contributed by atoms with Gasteiger partial charge in [0.2, 0.25) is 0 Å². The van der Waals surface area contributed by atoms with Crippen LogP contribution < -0.4 is 5.32 Å². The first-order valence-corrected chi connectivity index (χ1v) is 12.3. The Morgan fingerprint density at radius 3 is 2.34 bits per heavy atom. The number of carbonyl (C=O) groups is 2. The lowest BCUT2D eigenvalue weighted by Crippen LogP contribution is -2.64. The summed E-state index contributed by atoms with van der Waals surface area (Å²) in [6.45, 7) is 7.87. The number of likely N-dealkylation sites (tertiary alicyclic amines) is 1. The molecule has 3 aromatic carbocycles. The molecule has 5 rings (SSSR count). The number of rotatable bonds is 4. The number of fused-ring (bicyclic) bond motifs is 4. The summed E-state index contributed by atoms with van der Waals surface area (Å²) in [6.07, 6.45) is 1.47. The average molecular weight is 469 g/mol. The fourth-order valence-electron chi connectivity index (χ4n) is 5.98. The second-order valence-corrected chi connectivity index (χ2v) is 10.6. The quantitative estimate of drug-likeness (QED) is 0.561. The lowest BCUT2D eigenvalue weighted by molar-refractivity contribution is -0.0266. The molecule has 2 aliphatic rings. The molecule has 35 heavy (non-hydrogen) atoms. The van der Waals surface area contributed by atoms with Gasteiger partial charge in [0.25, 0.3) is 11.8 Å². The summed E-state index contributed by atoms with van der Waals surface area (Å²) in [7, 11) is 0. The van der Waals surface area contributed by atoms with E-state index < -0.39 is 0 Å². The van der Waals surface area contributed by atoms with E-state index in [0.717, 1.165) is 17.5 Å². The van der Waals surface area contributed by atoms with Crippen molar-refractivity contribution in [3.8, 4) is 5.75 Å². The number of nitrogens with one attached hydrogen (secondary N) is 1. The zero-order valence-corrected chi connectivity index (χ0v) is 20.5. The van der Waals surface area contributed by atoms with E-state index in [1.54, 1.807) is 30.3 Å². The van der Waals surface area contributed by atoms with Gasteiger partial charge in [-0.3, -0.25) is 9.59 Å². The van der Waals surface area contributed by atoms with Gasteiger partial charge in [0, 0.05) is 35.7 Å². The van der Waals surface area contributed by atoms with Crippen LogP contribution in [-0.4, -0.2) is 34.4 Å². The predicted octanol–water partition coefficient (Wildman–Crippen LogP) is 5.08. The van der Waals surface area contributed by atoms with E-state index in [4.69, 9.17) is 0 Å². The zero-order valence-electron chi connectivity index (χ0n) is 20.5. The Morgan fingerprint density at radius 2 is 1.63 bits per heavy atom. The Labute approximate surface area is 206 Å². The van der Waals surface area contributed by atoms with Crippen molar-refractivity contribution in [3.05, 3.63) is 101 Å². The molecular weight excluding hydrogens is 436 g/mol. The molecule has 1 fully saturated rings. The number of aromatic hydroxyl groups is 1. The minimum absolute atomic E-state index is 0.0246. The molecule has 0 saturated carbocycles. The Kier molecular flexibility index (Phi) is 5.66. The second kappa shape index (κ2) is 8.56. The maximum atomic E-state index is 13.6. The first-order valence-electron chi connectivity index (χ1n) is 12.3. The smallest absolute Gasteiger partial charge is 0.254 e. The lowest BCUT2D eigenvalue weighted by Gasteiger charge is -2.60. The Morgan fingerprint density at radius 1 is 0.943 bits per heavy atom. The number of nitrogens with zero attached hydrogens (tertiary/aromatic N) is 1. The van der Waals surface area contributed by atoms with E-state index in [1.807, 2.05) is 41.3 Å². The highest BCUT2D eigenvalue weighted by molar-refractivity contribution is 5.98. The molecule has 2 amide bonds. The molecule has 5 nitrogen and oxygen atoms in total. The van der Waals surface area contributed by atoms with Gasteiger partial charge in [-0.15, -0.1) is 0 Å². The van der Waals surface area contributed by atoms with Crippen LogP contribution in [0.5, 0.6) is 5.75 Å². The highest BCUT2D eigenvalue weighted by atomic mass is 16.3. The third-order valence-corrected chi connectivity index (χ3v) is 8.58. The Balaban J connectivity index is 1.35. The van der Waals surface area contributed by atoms with Gasteiger partial charge in [-0.2, -0.15) is 0 Å². The minimum atomic E-state index is -0.165. The molecule has 3 aromatic rings. The molecule has 1 aliphatic carbocycles. The first kappa shape index (κ1) is 23.2. The highest BCUT2D eigenvalue weighted by Crippen LogP contribution is 2.57. The minimum Gasteiger partial charge on any atom is -0.508 e. The van der Waals surface area contributed by atoms with Gasteiger partial charge in [-0.05, 0) is 65.3 Å². The molecule has 2 N–H and O–H groups in total. The van der Waals surface area contributed by atoms with Crippen molar-refractivity contribution >= 4 is 11.8 Å². The normalized spacial score (nSPS) is 22.3. The summed E-state index contributed by atoms with van der Waals surface area (Å²) in [5.74, 6) is 0.122. The third-order valence-electron chi connectivity index (χ3n) is 8.58. The molecule has 1 unspecified atom stereocenters. The Bertz CT molecular complexity index is 1270. The van der Waals surface area contributed by atoms with E-state index in [-0.39, 0.29) is 28.7 Å². The fourth-order valence-corrected chi connectivity index (χ4v) is 5.98. The van der Waals surface area contributed by atoms with Gasteiger partial charge in [0.15, 0.2) is 0 Å². The van der Waals surface area contributed by atoms with Crippen molar-refractivity contribution in [2.75, 3.05) is 6.54 Å². The van der Waals surface area contributed by atoms with Crippen molar-refractivity contribution in [2.24, 2.45) is 5.41 Å². The van der Waals surface area contributed by atoms with Gasteiger partial charge >= 0.3 is 0 Å². The zero-order chi connectivity index (χ0) is 24.8. The van der Waals surface area contributed by atoms with E-state index in [2.05, 4.69) is 32.2 Å². The fraction of sp³-hybridized carbons (Fsp3) is 0.333. The second-order valence-electron chi connectivity index (χ2n) is 10.6. The summed E-state index contributed by atoms with van der Waals surface area (Å²) in [5, 5.41) is 13.5. The molecule has 2 bridgehead atoms. The van der Waals surface area contributed by atoms with Crippen LogP contribution in [0, 0.1) is 5.41 Å². The molecule has 5 heteroatoms. The van der Waals surface area contributed by atoms with E-state index >= 15 is 0 Å². The number of phenolic OH excluding ortho intramolecular Hbond substituents is 1. The number of phenols is 1. The van der Waals surface area contributed by atoms with Crippen LogP contribution in [0.1, 0.15) is 64.6 Å². The molecule has 1 saturated heterocycles. The number of piperidine rings is 1. The maximum Gasteiger partial charge on any atom is 0.254 e. The predicted molar refractivity (Wildman–Crippen MR) is 136 cm³/mol. The van der Waals surface area contributed by atoms with Crippen LogP contribution in [0.25, 0.3) is 0 Å². The molecule has 0 spiro atoms. The Hall–Kier alpha value is -3.60. The van der Waals surface area contributed by atoms with Crippen LogP contribution in [0.2, 0.25) is 0 Å². The largest absolute Gasteiger partial charge is 0.508 e. The van der Waals surface area contributed by atoms with Gasteiger partial charge in [-0.25, -0.2) is 0 Å². The molecular formula is C30H32N2O3. The van der Waals surface area contributed by atoms with Gasteiger partial charge in [-0.1, -0.05) is 63.2 Å². The SMILES string of the molecule is CC1(C)C2Cc3c(O)cccc3[C@]1(C)CCN2C(=O)c1ccc(C(=O)NCc2ccccc2)cc1. The van der Waals surface area contributed by atoms with E-state index in [1.165, 1.54) is 5.56 Å². The maximum absolute atomic E-state index is 13.6. The number of amides is 2. The molecule has 180 valence electrons. The average Bonchev–Trinajstić information content (AvgIpc) is 2.85. The molecule has 0 aromatic heterocycles. The number of carbonyl (C=O) groups excluding carboxylic acids is 2. The van der Waals surface area contributed by atoms with Gasteiger partial charge in [0.05, 0.1) is 0 Å². The van der Waals surface area contributed by atoms with Crippen LogP contribution in [-0.2, 0) is 18.4 Å². The number of hydrogen-bond donors (Lipinski definition) is 2. The highest BCUT2D eigenvalue weighted by Gasteiger charge is 2.57. The van der Waals surface area contributed by atoms with E-state index in [0.29, 0.717) is 36.4 Å². The topological polar surface area (TPSA) is 69.6 Å². The van der Waals surface area contributed by atoms with Crippen LogP contribution in [0.3, 0.4) is 0 Å². The number of hydrogen-bond acceptors (Lipinski definition) is 3. The van der Waals surface area contributed by atoms with Crippen molar-refractivity contribution < 1.29 is 14.7 Å². The van der Waals surface area contributed by atoms with Gasteiger partial charge in [0.1, 0.15) is 5.75 Å². The monoisotopic (exact) mass is 468 g/mol. The summed E-state index contributed by atoms with van der Waals surface area (Å²) in [4.78, 5) is 28.2. The van der Waals surface area contributed by atoms with Crippen LogP contribution >= 0.6 is 0 Å². The van der Waals surface area contributed by atoms with Crippen LogP contribution in [0.15, 0.2) is 72.8 Å². The van der Waals surface area contributed by atoms with Crippen molar-refractivity contribution in [1.82, 2.24) is 10.2 Å². The standard InChI is InChI=1S/C30H32N2O3/c1-29(2)26-18-23-24(10-7-11-25(23)33)30(29,3)16-17-32(26)28(35)22-14-12-21(13-15-22)27(34)31-19-20-8-5-4-6-9-20/h4-15,26,33H,16-19H2,1-3H3,(H,31,34)/t26?,30-/m0/s1. The third kappa shape index (κ3) is 3.79. The summed E-state index contributed by atoms with van der Waals surface area (Å²) in [6, 6.07) is 22.5. The van der Waals surface area contributed by atoms with E-state index in [9.17, 15) is 14.7 Å². The van der Waals surface area contributed by atoms with Crippen molar-refractivity contribution in [2.45, 2.75) is 51.6 Å².